The van der Waals surface area contributed by atoms with Crippen LogP contribution < -0.4 is 5.73 Å². The number of hydrogen-bond acceptors (Lipinski definition) is 3. The first kappa shape index (κ1) is 18.7. The van der Waals surface area contributed by atoms with E-state index < -0.39 is 5.41 Å². The zero-order chi connectivity index (χ0) is 15.8. The summed E-state index contributed by atoms with van der Waals surface area (Å²) in [7, 11) is 0. The Hall–Kier alpha value is -1.26. The largest absolute Gasteiger partial charge is 0.409 e. The second-order valence-electron chi connectivity index (χ2n) is 5.42. The van der Waals surface area contributed by atoms with Crippen molar-refractivity contribution in [2.45, 2.75) is 72.8 Å². The first-order valence-corrected chi connectivity index (χ1v) is 7.74. The molecule has 0 heterocycles. The molecule has 1 amide bonds. The molecule has 0 radical (unpaired) electrons. The van der Waals surface area contributed by atoms with Gasteiger partial charge < -0.3 is 15.8 Å². The van der Waals surface area contributed by atoms with E-state index in [-0.39, 0.29) is 17.8 Å². The summed E-state index contributed by atoms with van der Waals surface area (Å²) < 4.78 is 0. The fourth-order valence-electron chi connectivity index (χ4n) is 2.80. The second kappa shape index (κ2) is 8.82. The molecule has 3 N–H and O–H groups in total. The van der Waals surface area contributed by atoms with Gasteiger partial charge in [-0.2, -0.15) is 0 Å². The summed E-state index contributed by atoms with van der Waals surface area (Å²) in [5.74, 6) is 0.0429. The van der Waals surface area contributed by atoms with Crippen LogP contribution in [0.1, 0.15) is 66.7 Å². The topological polar surface area (TPSA) is 78.9 Å². The fourth-order valence-corrected chi connectivity index (χ4v) is 2.80. The molecular weight excluding hydrogens is 254 g/mol. The Bertz CT molecular complexity index is 323. The molecule has 118 valence electrons. The van der Waals surface area contributed by atoms with Crippen LogP contribution >= 0.6 is 0 Å². The Balaban J connectivity index is 5.64. The van der Waals surface area contributed by atoms with Gasteiger partial charge in [-0.05, 0) is 33.1 Å². The zero-order valence-electron chi connectivity index (χ0n) is 13.6. The van der Waals surface area contributed by atoms with Gasteiger partial charge in [-0.25, -0.2) is 0 Å². The van der Waals surface area contributed by atoms with E-state index in [9.17, 15) is 4.79 Å². The third-order valence-corrected chi connectivity index (χ3v) is 4.09. The SMILES string of the molecule is CCCC(CCC)(C(=O)N(CC)C(C)CC)C(N)=NO. The van der Waals surface area contributed by atoms with Gasteiger partial charge in [0.25, 0.3) is 0 Å². The van der Waals surface area contributed by atoms with Crippen LogP contribution in [-0.4, -0.2) is 34.4 Å². The molecular formula is C15H31N3O2. The average molecular weight is 285 g/mol. The maximum atomic E-state index is 13.0. The number of nitrogens with zero attached hydrogens (tertiary/aromatic N) is 2. The van der Waals surface area contributed by atoms with E-state index in [2.05, 4.69) is 12.1 Å². The van der Waals surface area contributed by atoms with Crippen molar-refractivity contribution in [3.63, 3.8) is 0 Å². The van der Waals surface area contributed by atoms with Crippen LogP contribution in [0.15, 0.2) is 5.16 Å². The molecule has 0 aromatic heterocycles. The highest BCUT2D eigenvalue weighted by molar-refractivity contribution is 6.06. The molecule has 0 saturated carbocycles. The predicted molar refractivity (Wildman–Crippen MR) is 82.8 cm³/mol. The summed E-state index contributed by atoms with van der Waals surface area (Å²) >= 11 is 0. The summed E-state index contributed by atoms with van der Waals surface area (Å²) in [6.45, 7) is 10.7. The molecule has 0 bridgehead atoms. The van der Waals surface area contributed by atoms with Gasteiger partial charge in [-0.1, -0.05) is 38.8 Å². The number of nitrogens with two attached hydrogens (primary N) is 1. The van der Waals surface area contributed by atoms with E-state index in [1.807, 2.05) is 32.6 Å². The van der Waals surface area contributed by atoms with E-state index >= 15 is 0 Å². The quantitative estimate of drug-likeness (QED) is 0.296. The maximum Gasteiger partial charge on any atom is 0.236 e. The molecule has 0 aromatic carbocycles. The van der Waals surface area contributed by atoms with Crippen LogP contribution in [0.25, 0.3) is 0 Å². The summed E-state index contributed by atoms with van der Waals surface area (Å²) in [5, 5.41) is 12.3. The van der Waals surface area contributed by atoms with Gasteiger partial charge in [0, 0.05) is 12.6 Å². The molecule has 0 fully saturated rings. The Labute approximate surface area is 123 Å². The van der Waals surface area contributed by atoms with Gasteiger partial charge in [-0.15, -0.1) is 0 Å². The number of amides is 1. The maximum absolute atomic E-state index is 13.0. The lowest BCUT2D eigenvalue weighted by Gasteiger charge is -2.38. The molecule has 0 saturated heterocycles. The third kappa shape index (κ3) is 3.87. The van der Waals surface area contributed by atoms with Gasteiger partial charge in [0.15, 0.2) is 5.84 Å². The summed E-state index contributed by atoms with van der Waals surface area (Å²) in [4.78, 5) is 14.9. The van der Waals surface area contributed by atoms with Crippen LogP contribution in [0, 0.1) is 5.41 Å². The van der Waals surface area contributed by atoms with Crippen molar-refractivity contribution in [1.82, 2.24) is 4.90 Å². The fraction of sp³-hybridized carbons (Fsp3) is 0.867. The van der Waals surface area contributed by atoms with Crippen molar-refractivity contribution in [2.24, 2.45) is 16.3 Å². The summed E-state index contributed by atoms with van der Waals surface area (Å²) in [6, 6.07) is 0.159. The Morgan fingerprint density at radius 1 is 1.25 bits per heavy atom. The molecule has 0 aliphatic heterocycles. The van der Waals surface area contributed by atoms with Crippen LogP contribution in [0.2, 0.25) is 0 Å². The number of rotatable bonds is 9. The molecule has 0 aliphatic carbocycles. The molecule has 1 atom stereocenters. The van der Waals surface area contributed by atoms with Crippen molar-refractivity contribution in [3.05, 3.63) is 0 Å². The highest BCUT2D eigenvalue weighted by Gasteiger charge is 2.44. The molecule has 1 unspecified atom stereocenters. The first-order valence-electron chi connectivity index (χ1n) is 7.74. The highest BCUT2D eigenvalue weighted by Crippen LogP contribution is 2.33. The van der Waals surface area contributed by atoms with E-state index in [4.69, 9.17) is 10.9 Å². The lowest BCUT2D eigenvalue weighted by atomic mass is 9.76. The van der Waals surface area contributed by atoms with Gasteiger partial charge in [-0.3, -0.25) is 4.79 Å². The lowest BCUT2D eigenvalue weighted by molar-refractivity contribution is -0.141. The van der Waals surface area contributed by atoms with Crippen molar-refractivity contribution in [3.8, 4) is 0 Å². The summed E-state index contributed by atoms with van der Waals surface area (Å²) in [6.07, 6.45) is 3.76. The Morgan fingerprint density at radius 2 is 1.75 bits per heavy atom. The number of oxime groups is 1. The van der Waals surface area contributed by atoms with E-state index in [1.165, 1.54) is 0 Å². The minimum Gasteiger partial charge on any atom is -0.409 e. The molecule has 5 heteroatoms. The predicted octanol–water partition coefficient (Wildman–Crippen LogP) is 2.97. The van der Waals surface area contributed by atoms with E-state index in [1.54, 1.807) is 0 Å². The summed E-state index contributed by atoms with van der Waals surface area (Å²) in [5.41, 5.74) is 5.05. The van der Waals surface area contributed by atoms with Crippen molar-refractivity contribution in [1.29, 1.82) is 0 Å². The molecule has 5 nitrogen and oxygen atoms in total. The molecule has 0 aromatic rings. The van der Waals surface area contributed by atoms with Gasteiger partial charge >= 0.3 is 0 Å². The van der Waals surface area contributed by atoms with Crippen molar-refractivity contribution >= 4 is 11.7 Å². The van der Waals surface area contributed by atoms with Crippen molar-refractivity contribution < 1.29 is 10.0 Å². The Kier molecular flexibility index (Phi) is 8.26. The minimum absolute atomic E-state index is 0.00616. The van der Waals surface area contributed by atoms with Gasteiger partial charge in [0.1, 0.15) is 5.41 Å². The minimum atomic E-state index is -0.863. The third-order valence-electron chi connectivity index (χ3n) is 4.09. The second-order valence-corrected chi connectivity index (χ2v) is 5.42. The highest BCUT2D eigenvalue weighted by atomic mass is 16.4. The van der Waals surface area contributed by atoms with Gasteiger partial charge in [0.2, 0.25) is 5.91 Å². The standard InChI is InChI=1S/C15H31N3O2/c1-6-10-15(11-7-2,13(16)17-20)14(19)18(9-4)12(5)8-3/h12,20H,6-11H2,1-5H3,(H2,16,17). The number of carbonyl (C=O) groups excluding carboxylic acids is 1. The molecule has 0 rings (SSSR count). The average Bonchev–Trinajstić information content (AvgIpc) is 2.46. The monoisotopic (exact) mass is 285 g/mol. The number of amidine groups is 1. The molecule has 0 aliphatic rings. The normalized spacial score (nSPS) is 14.2. The van der Waals surface area contributed by atoms with Crippen LogP contribution in [0.5, 0.6) is 0 Å². The Morgan fingerprint density at radius 3 is 2.05 bits per heavy atom. The van der Waals surface area contributed by atoms with E-state index in [0.717, 1.165) is 19.3 Å². The molecule has 0 spiro atoms. The zero-order valence-corrected chi connectivity index (χ0v) is 13.6. The van der Waals surface area contributed by atoms with Crippen LogP contribution in [0.4, 0.5) is 0 Å². The number of hydrogen-bond donors (Lipinski definition) is 2. The van der Waals surface area contributed by atoms with Crippen LogP contribution in [0.3, 0.4) is 0 Å². The smallest absolute Gasteiger partial charge is 0.236 e. The van der Waals surface area contributed by atoms with Crippen LogP contribution in [-0.2, 0) is 4.79 Å². The number of carbonyl (C=O) groups is 1. The van der Waals surface area contributed by atoms with Crippen molar-refractivity contribution in [2.75, 3.05) is 6.54 Å². The first-order chi connectivity index (χ1) is 9.44. The molecule has 20 heavy (non-hydrogen) atoms. The lowest BCUT2D eigenvalue weighted by Crippen LogP contribution is -2.53. The van der Waals surface area contributed by atoms with Gasteiger partial charge in [0.05, 0.1) is 0 Å². The van der Waals surface area contributed by atoms with E-state index in [0.29, 0.717) is 19.4 Å².